The summed E-state index contributed by atoms with van der Waals surface area (Å²) in [7, 11) is 0. The van der Waals surface area contributed by atoms with Gasteiger partial charge in [-0.1, -0.05) is 6.92 Å². The molecular weight excluding hydrogens is 262 g/mol. The van der Waals surface area contributed by atoms with E-state index >= 15 is 0 Å². The number of aliphatic hydroxyl groups is 1. The third-order valence-electron chi connectivity index (χ3n) is 3.02. The number of rotatable bonds is 7. The fraction of sp³-hybridized carbons (Fsp3) is 0.571. The largest absolute Gasteiger partial charge is 0.396 e. The normalized spacial score (nSPS) is 12.5. The molecule has 1 atom stereocenters. The van der Waals surface area contributed by atoms with Crippen molar-refractivity contribution in [2.24, 2.45) is 5.92 Å². The van der Waals surface area contributed by atoms with Gasteiger partial charge in [-0.05, 0) is 38.0 Å². The minimum Gasteiger partial charge on any atom is -0.396 e. The second-order valence-corrected chi connectivity index (χ2v) is 5.94. The molecule has 0 spiro atoms. The van der Waals surface area contributed by atoms with Crippen LogP contribution < -0.4 is 0 Å². The zero-order chi connectivity index (χ0) is 14.6. The highest BCUT2D eigenvalue weighted by atomic mass is 32.2. The van der Waals surface area contributed by atoms with E-state index < -0.39 is 0 Å². The van der Waals surface area contributed by atoms with Crippen molar-refractivity contribution in [3.8, 4) is 0 Å². The molecule has 1 aromatic heterocycles. The lowest BCUT2D eigenvalue weighted by Gasteiger charge is -2.06. The Hall–Kier alpha value is -1.07. The Morgan fingerprint density at radius 1 is 1.37 bits per heavy atom. The first-order valence-electron chi connectivity index (χ1n) is 6.30. The molecule has 0 radical (unpaired) electrons. The van der Waals surface area contributed by atoms with Crippen LogP contribution >= 0.6 is 11.8 Å². The van der Waals surface area contributed by atoms with E-state index in [0.717, 1.165) is 17.0 Å². The van der Waals surface area contributed by atoms with Crippen LogP contribution in [0.5, 0.6) is 0 Å². The summed E-state index contributed by atoms with van der Waals surface area (Å²) in [5.74, 6) is 1.29. The van der Waals surface area contributed by atoms with Gasteiger partial charge in [0.1, 0.15) is 0 Å². The molecule has 0 fully saturated rings. The molecule has 2 N–H and O–H groups in total. The van der Waals surface area contributed by atoms with Gasteiger partial charge in [-0.3, -0.25) is 9.59 Å². The molecule has 5 heteroatoms. The van der Waals surface area contributed by atoms with Gasteiger partial charge in [0, 0.05) is 17.9 Å². The third-order valence-corrected chi connectivity index (χ3v) is 4.29. The molecular formula is C14H21NO3S. The van der Waals surface area contributed by atoms with Crippen molar-refractivity contribution in [2.75, 3.05) is 18.1 Å². The van der Waals surface area contributed by atoms with E-state index in [4.69, 9.17) is 5.11 Å². The van der Waals surface area contributed by atoms with Crippen molar-refractivity contribution >= 4 is 23.3 Å². The SMILES string of the molecule is CC(=O)c1c(C)[nH]c(C(=O)CSCC(C)CO)c1C. The lowest BCUT2D eigenvalue weighted by molar-refractivity contribution is 0.101. The first-order valence-corrected chi connectivity index (χ1v) is 7.45. The average Bonchev–Trinajstić information content (AvgIpc) is 2.64. The van der Waals surface area contributed by atoms with Crippen LogP contribution in [0.4, 0.5) is 0 Å². The first kappa shape index (κ1) is 16.0. The summed E-state index contributed by atoms with van der Waals surface area (Å²) in [5, 5.41) is 8.92. The fourth-order valence-corrected chi connectivity index (χ4v) is 2.99. The molecule has 4 nitrogen and oxygen atoms in total. The monoisotopic (exact) mass is 283 g/mol. The van der Waals surface area contributed by atoms with Crippen molar-refractivity contribution in [2.45, 2.75) is 27.7 Å². The summed E-state index contributed by atoms with van der Waals surface area (Å²) >= 11 is 1.51. The number of aromatic nitrogens is 1. The highest BCUT2D eigenvalue weighted by Gasteiger charge is 2.19. The van der Waals surface area contributed by atoms with Crippen LogP contribution in [0.3, 0.4) is 0 Å². The van der Waals surface area contributed by atoms with Gasteiger partial charge in [0.05, 0.1) is 11.4 Å². The van der Waals surface area contributed by atoms with E-state index in [1.165, 1.54) is 18.7 Å². The molecule has 0 aromatic carbocycles. The van der Waals surface area contributed by atoms with E-state index in [0.29, 0.717) is 17.0 Å². The Kier molecular flexibility index (Phi) is 5.82. The number of aromatic amines is 1. The maximum absolute atomic E-state index is 12.1. The second kappa shape index (κ2) is 6.91. The highest BCUT2D eigenvalue weighted by molar-refractivity contribution is 7.99. The molecule has 0 amide bonds. The van der Waals surface area contributed by atoms with Crippen LogP contribution in [0.2, 0.25) is 0 Å². The number of Topliss-reactive ketones (excluding diaryl/α,β-unsaturated/α-hetero) is 2. The number of hydrogen-bond donors (Lipinski definition) is 2. The van der Waals surface area contributed by atoms with Crippen LogP contribution in [0.1, 0.15) is 46.0 Å². The van der Waals surface area contributed by atoms with E-state index in [1.54, 1.807) is 6.92 Å². The van der Waals surface area contributed by atoms with Crippen LogP contribution in [0, 0.1) is 19.8 Å². The van der Waals surface area contributed by atoms with Gasteiger partial charge in [-0.15, -0.1) is 0 Å². The van der Waals surface area contributed by atoms with E-state index in [-0.39, 0.29) is 24.1 Å². The van der Waals surface area contributed by atoms with Gasteiger partial charge in [0.15, 0.2) is 11.6 Å². The van der Waals surface area contributed by atoms with Gasteiger partial charge >= 0.3 is 0 Å². The number of hydrogen-bond acceptors (Lipinski definition) is 4. The molecule has 106 valence electrons. The quantitative estimate of drug-likeness (QED) is 0.754. The molecule has 1 rings (SSSR count). The maximum Gasteiger partial charge on any atom is 0.189 e. The number of aliphatic hydroxyl groups excluding tert-OH is 1. The summed E-state index contributed by atoms with van der Waals surface area (Å²) in [6.07, 6.45) is 0. The molecule has 0 bridgehead atoms. The minimum absolute atomic E-state index is 0.00300. The number of aryl methyl sites for hydroxylation is 1. The molecule has 0 saturated carbocycles. The summed E-state index contributed by atoms with van der Waals surface area (Å²) in [4.78, 5) is 26.6. The van der Waals surface area contributed by atoms with E-state index in [9.17, 15) is 9.59 Å². The number of carbonyl (C=O) groups excluding carboxylic acids is 2. The van der Waals surface area contributed by atoms with Crippen molar-refractivity contribution in [1.29, 1.82) is 0 Å². The van der Waals surface area contributed by atoms with Gasteiger partial charge < -0.3 is 10.1 Å². The van der Waals surface area contributed by atoms with Crippen LogP contribution in [0.15, 0.2) is 0 Å². The Balaban J connectivity index is 2.73. The number of H-pyrrole nitrogens is 1. The van der Waals surface area contributed by atoms with Crippen molar-refractivity contribution in [3.05, 3.63) is 22.5 Å². The average molecular weight is 283 g/mol. The minimum atomic E-state index is -0.0214. The van der Waals surface area contributed by atoms with Gasteiger partial charge in [0.2, 0.25) is 0 Å². The Labute approximate surface area is 118 Å². The number of thioether (sulfide) groups is 1. The lowest BCUT2D eigenvalue weighted by atomic mass is 10.1. The topological polar surface area (TPSA) is 70.2 Å². The lowest BCUT2D eigenvalue weighted by Crippen LogP contribution is -2.09. The zero-order valence-electron chi connectivity index (χ0n) is 11.9. The second-order valence-electron chi connectivity index (χ2n) is 4.91. The first-order chi connectivity index (χ1) is 8.88. The van der Waals surface area contributed by atoms with E-state index in [1.807, 2.05) is 13.8 Å². The molecule has 1 heterocycles. The summed E-state index contributed by atoms with van der Waals surface area (Å²) in [6.45, 7) is 7.19. The summed E-state index contributed by atoms with van der Waals surface area (Å²) in [6, 6.07) is 0. The Morgan fingerprint density at radius 2 is 2.00 bits per heavy atom. The molecule has 0 aliphatic rings. The number of carbonyl (C=O) groups is 2. The van der Waals surface area contributed by atoms with Crippen LogP contribution in [-0.4, -0.2) is 39.8 Å². The zero-order valence-corrected chi connectivity index (χ0v) is 12.7. The van der Waals surface area contributed by atoms with Gasteiger partial charge in [-0.25, -0.2) is 0 Å². The Bertz CT molecular complexity index is 479. The smallest absolute Gasteiger partial charge is 0.189 e. The third kappa shape index (κ3) is 3.94. The number of nitrogens with one attached hydrogen (secondary N) is 1. The maximum atomic E-state index is 12.1. The summed E-state index contributed by atoms with van der Waals surface area (Å²) < 4.78 is 0. The van der Waals surface area contributed by atoms with Crippen molar-refractivity contribution < 1.29 is 14.7 Å². The molecule has 0 saturated heterocycles. The molecule has 0 aliphatic carbocycles. The Morgan fingerprint density at radius 3 is 2.47 bits per heavy atom. The fourth-order valence-electron chi connectivity index (χ4n) is 2.03. The van der Waals surface area contributed by atoms with Crippen LogP contribution in [0.25, 0.3) is 0 Å². The van der Waals surface area contributed by atoms with E-state index in [2.05, 4.69) is 4.98 Å². The standard InChI is InChI=1S/C14H21NO3S/c1-8(5-16)6-19-7-12(18)14-9(2)13(11(4)17)10(3)15-14/h8,15-16H,5-7H2,1-4H3. The summed E-state index contributed by atoms with van der Waals surface area (Å²) in [5.41, 5.74) is 2.65. The molecule has 1 aromatic rings. The van der Waals surface area contributed by atoms with Gasteiger partial charge in [-0.2, -0.15) is 11.8 Å². The highest BCUT2D eigenvalue weighted by Crippen LogP contribution is 2.20. The van der Waals surface area contributed by atoms with Crippen molar-refractivity contribution in [1.82, 2.24) is 4.98 Å². The number of ketones is 2. The molecule has 19 heavy (non-hydrogen) atoms. The molecule has 1 unspecified atom stereocenters. The predicted octanol–water partition coefficient (Wildman–Crippen LogP) is 2.38. The van der Waals surface area contributed by atoms with Crippen molar-refractivity contribution in [3.63, 3.8) is 0 Å². The molecule has 0 aliphatic heterocycles. The van der Waals surface area contributed by atoms with Crippen LogP contribution in [-0.2, 0) is 0 Å². The predicted molar refractivity (Wildman–Crippen MR) is 78.2 cm³/mol. The van der Waals surface area contributed by atoms with Gasteiger partial charge in [0.25, 0.3) is 0 Å².